The molecule has 0 saturated heterocycles. The van der Waals surface area contributed by atoms with Crippen LogP contribution in [0.15, 0.2) is 48.5 Å². The molecule has 0 radical (unpaired) electrons. The van der Waals surface area contributed by atoms with E-state index in [1.54, 1.807) is 7.11 Å². The fraction of sp³-hybridized carbons (Fsp3) is 0.423. The standard InChI is InChI=1S/C26H33ClN4O/c1-31(2)24-15-26(30-23-7-5-4-6-22(23)24)29-21-12-8-18(9-13-21)16-28-17-19-10-11-20(27)14-25(19)32-3/h4-7,10-11,14-15,18,21,28H,8-9,12-13,16-17H2,1-3H3,(H,29,30)/t18-,21+. The number of hydrogen-bond donors (Lipinski definition) is 2. The summed E-state index contributed by atoms with van der Waals surface area (Å²) >= 11 is 6.06. The Morgan fingerprint density at radius 2 is 1.84 bits per heavy atom. The van der Waals surface area contributed by atoms with Gasteiger partial charge >= 0.3 is 0 Å². The van der Waals surface area contributed by atoms with Gasteiger partial charge < -0.3 is 20.3 Å². The summed E-state index contributed by atoms with van der Waals surface area (Å²) in [5.41, 5.74) is 3.39. The Balaban J connectivity index is 1.29. The Morgan fingerprint density at radius 3 is 2.59 bits per heavy atom. The van der Waals surface area contributed by atoms with Crippen molar-refractivity contribution in [2.24, 2.45) is 5.92 Å². The number of halogens is 1. The Bertz CT molecular complexity index is 1050. The highest BCUT2D eigenvalue weighted by molar-refractivity contribution is 6.30. The van der Waals surface area contributed by atoms with Crippen molar-refractivity contribution in [3.63, 3.8) is 0 Å². The molecule has 1 aliphatic rings. The molecule has 0 aliphatic heterocycles. The van der Waals surface area contributed by atoms with Gasteiger partial charge in [0.1, 0.15) is 11.6 Å². The predicted octanol–water partition coefficient (Wildman–Crippen LogP) is 5.72. The second-order valence-electron chi connectivity index (χ2n) is 8.89. The minimum Gasteiger partial charge on any atom is -0.496 e. The van der Waals surface area contributed by atoms with Gasteiger partial charge in [-0.3, -0.25) is 0 Å². The third-order valence-electron chi connectivity index (χ3n) is 6.37. The molecule has 2 aromatic carbocycles. The molecule has 1 aromatic heterocycles. The zero-order valence-corrected chi connectivity index (χ0v) is 20.0. The fourth-order valence-corrected chi connectivity index (χ4v) is 4.76. The number of nitrogens with zero attached hydrogens (tertiary/aromatic N) is 2. The highest BCUT2D eigenvalue weighted by Gasteiger charge is 2.21. The maximum absolute atomic E-state index is 6.06. The maximum atomic E-state index is 6.06. The van der Waals surface area contributed by atoms with Gasteiger partial charge in [0.25, 0.3) is 0 Å². The Labute approximate surface area is 196 Å². The molecule has 1 fully saturated rings. The lowest BCUT2D eigenvalue weighted by Crippen LogP contribution is -2.31. The van der Waals surface area contributed by atoms with Crippen LogP contribution in [-0.2, 0) is 6.54 Å². The molecule has 6 heteroatoms. The molecule has 1 heterocycles. The summed E-state index contributed by atoms with van der Waals surface area (Å²) in [5.74, 6) is 2.52. The van der Waals surface area contributed by atoms with Crippen molar-refractivity contribution in [1.29, 1.82) is 0 Å². The van der Waals surface area contributed by atoms with E-state index in [9.17, 15) is 0 Å². The van der Waals surface area contributed by atoms with Gasteiger partial charge in [0.05, 0.1) is 12.6 Å². The van der Waals surface area contributed by atoms with Crippen LogP contribution in [0.4, 0.5) is 11.5 Å². The average molecular weight is 453 g/mol. The number of nitrogens with one attached hydrogen (secondary N) is 2. The van der Waals surface area contributed by atoms with Crippen LogP contribution in [0.5, 0.6) is 5.75 Å². The van der Waals surface area contributed by atoms with Crippen molar-refractivity contribution in [3.8, 4) is 5.75 Å². The Hall–Kier alpha value is -2.50. The largest absolute Gasteiger partial charge is 0.496 e. The smallest absolute Gasteiger partial charge is 0.128 e. The summed E-state index contributed by atoms with van der Waals surface area (Å²) in [6.07, 6.45) is 4.78. The Morgan fingerprint density at radius 1 is 1.06 bits per heavy atom. The van der Waals surface area contributed by atoms with Crippen LogP contribution in [0.25, 0.3) is 10.9 Å². The summed E-state index contributed by atoms with van der Waals surface area (Å²) < 4.78 is 5.45. The molecule has 1 aliphatic carbocycles. The first-order chi connectivity index (χ1) is 15.5. The molecule has 0 amide bonds. The van der Waals surface area contributed by atoms with E-state index in [-0.39, 0.29) is 0 Å². The van der Waals surface area contributed by atoms with Gasteiger partial charge in [0, 0.05) is 54.4 Å². The molecule has 0 atom stereocenters. The molecule has 0 bridgehead atoms. The zero-order chi connectivity index (χ0) is 22.5. The minimum atomic E-state index is 0.478. The summed E-state index contributed by atoms with van der Waals surface area (Å²) in [7, 11) is 5.86. The quantitative estimate of drug-likeness (QED) is 0.457. The van der Waals surface area contributed by atoms with E-state index in [2.05, 4.69) is 60.0 Å². The molecule has 5 nitrogen and oxygen atoms in total. The monoisotopic (exact) mass is 452 g/mol. The van der Waals surface area contributed by atoms with Crippen molar-refractivity contribution in [2.45, 2.75) is 38.3 Å². The van der Waals surface area contributed by atoms with E-state index in [0.717, 1.165) is 35.7 Å². The molecule has 32 heavy (non-hydrogen) atoms. The highest BCUT2D eigenvalue weighted by Crippen LogP contribution is 2.30. The number of hydrogen-bond acceptors (Lipinski definition) is 5. The van der Waals surface area contributed by atoms with E-state index in [1.807, 2.05) is 18.2 Å². The number of ether oxygens (including phenoxy) is 1. The number of fused-ring (bicyclic) bond motifs is 1. The Kier molecular flexibility index (Phi) is 7.38. The van der Waals surface area contributed by atoms with Gasteiger partial charge in [0.15, 0.2) is 0 Å². The van der Waals surface area contributed by atoms with E-state index < -0.39 is 0 Å². The van der Waals surface area contributed by atoms with Crippen LogP contribution in [0.2, 0.25) is 5.02 Å². The lowest BCUT2D eigenvalue weighted by Gasteiger charge is -2.30. The first kappa shape index (κ1) is 22.7. The minimum absolute atomic E-state index is 0.478. The number of para-hydroxylation sites is 1. The van der Waals surface area contributed by atoms with Crippen LogP contribution in [-0.4, -0.2) is 38.8 Å². The van der Waals surface area contributed by atoms with Crippen LogP contribution >= 0.6 is 11.6 Å². The molecule has 0 spiro atoms. The summed E-state index contributed by atoms with van der Waals surface area (Å²) in [4.78, 5) is 7.03. The van der Waals surface area contributed by atoms with Gasteiger partial charge in [-0.1, -0.05) is 35.9 Å². The summed E-state index contributed by atoms with van der Waals surface area (Å²) in [6, 6.07) is 16.8. The number of aromatic nitrogens is 1. The number of anilines is 2. The average Bonchev–Trinajstić information content (AvgIpc) is 2.80. The third-order valence-corrected chi connectivity index (χ3v) is 6.61. The fourth-order valence-electron chi connectivity index (χ4n) is 4.60. The molecule has 1 saturated carbocycles. The molecular formula is C26H33ClN4O. The van der Waals surface area contributed by atoms with Crippen molar-refractivity contribution < 1.29 is 4.74 Å². The van der Waals surface area contributed by atoms with E-state index in [1.165, 1.54) is 36.8 Å². The number of pyridine rings is 1. The lowest BCUT2D eigenvalue weighted by molar-refractivity contribution is 0.323. The lowest BCUT2D eigenvalue weighted by atomic mass is 9.86. The van der Waals surface area contributed by atoms with Crippen LogP contribution in [0.1, 0.15) is 31.2 Å². The molecule has 170 valence electrons. The molecule has 4 rings (SSSR count). The SMILES string of the molecule is COc1cc(Cl)ccc1CNC[C@H]1CC[C@@H](Nc2cc(N(C)C)c3ccccc3n2)CC1. The van der Waals surface area contributed by atoms with Crippen LogP contribution < -0.4 is 20.3 Å². The maximum Gasteiger partial charge on any atom is 0.128 e. The van der Waals surface area contributed by atoms with Crippen molar-refractivity contribution >= 4 is 34.0 Å². The van der Waals surface area contributed by atoms with Crippen molar-refractivity contribution in [1.82, 2.24) is 10.3 Å². The molecule has 0 unspecified atom stereocenters. The van der Waals surface area contributed by atoms with E-state index in [0.29, 0.717) is 17.0 Å². The van der Waals surface area contributed by atoms with Gasteiger partial charge in [0.2, 0.25) is 0 Å². The van der Waals surface area contributed by atoms with E-state index in [4.69, 9.17) is 21.3 Å². The van der Waals surface area contributed by atoms with Crippen molar-refractivity contribution in [3.05, 3.63) is 59.1 Å². The summed E-state index contributed by atoms with van der Waals surface area (Å²) in [5, 5.41) is 9.21. The van der Waals surface area contributed by atoms with Crippen molar-refractivity contribution in [2.75, 3.05) is 38.0 Å². The highest BCUT2D eigenvalue weighted by atomic mass is 35.5. The van der Waals surface area contributed by atoms with E-state index >= 15 is 0 Å². The topological polar surface area (TPSA) is 49.4 Å². The second kappa shape index (κ2) is 10.4. The molecule has 3 aromatic rings. The number of benzene rings is 2. The zero-order valence-electron chi connectivity index (χ0n) is 19.2. The summed E-state index contributed by atoms with van der Waals surface area (Å²) in [6.45, 7) is 1.82. The third kappa shape index (κ3) is 5.45. The molecular weight excluding hydrogens is 420 g/mol. The first-order valence-corrected chi connectivity index (χ1v) is 11.8. The van der Waals surface area contributed by atoms with Gasteiger partial charge in [-0.2, -0.15) is 0 Å². The number of methoxy groups -OCH3 is 1. The first-order valence-electron chi connectivity index (χ1n) is 11.4. The predicted molar refractivity (Wildman–Crippen MR) is 135 cm³/mol. The van der Waals surface area contributed by atoms with Crippen LogP contribution in [0, 0.1) is 5.92 Å². The van der Waals surface area contributed by atoms with Crippen LogP contribution in [0.3, 0.4) is 0 Å². The molecule has 2 N–H and O–H groups in total. The van der Waals surface area contributed by atoms with Gasteiger partial charge in [-0.25, -0.2) is 4.98 Å². The van der Waals surface area contributed by atoms with Gasteiger partial charge in [-0.05, 0) is 56.3 Å². The normalized spacial score (nSPS) is 18.5. The second-order valence-corrected chi connectivity index (χ2v) is 9.32. The van der Waals surface area contributed by atoms with Gasteiger partial charge in [-0.15, -0.1) is 0 Å². The number of rotatable bonds is 8.